The summed E-state index contributed by atoms with van der Waals surface area (Å²) < 4.78 is 10.9. The van der Waals surface area contributed by atoms with Crippen LogP contribution in [0.4, 0.5) is 5.95 Å². The Morgan fingerprint density at radius 2 is 2.12 bits per heavy atom. The molecule has 0 bridgehead atoms. The van der Waals surface area contributed by atoms with Gasteiger partial charge in [-0.05, 0) is 44.0 Å². The summed E-state index contributed by atoms with van der Waals surface area (Å²) in [6.07, 6.45) is 2.54. The monoisotopic (exact) mass is 330 g/mol. The highest BCUT2D eigenvalue weighted by Gasteiger charge is 2.05. The number of hydrogen-bond acceptors (Lipinski definition) is 6. The molecular weight excluding hydrogens is 308 g/mol. The van der Waals surface area contributed by atoms with Gasteiger partial charge < -0.3 is 9.47 Å². The Morgan fingerprint density at radius 1 is 1.33 bits per heavy atom. The predicted octanol–water partition coefficient (Wildman–Crippen LogP) is 2.63. The predicted molar refractivity (Wildman–Crippen MR) is 94.3 cm³/mol. The first-order valence-corrected chi connectivity index (χ1v) is 7.72. The molecule has 128 valence electrons. The van der Waals surface area contributed by atoms with Crippen molar-refractivity contribution in [2.75, 3.05) is 19.1 Å². The maximum Gasteiger partial charge on any atom is 0.255 e. The van der Waals surface area contributed by atoms with E-state index in [9.17, 15) is 4.79 Å². The summed E-state index contributed by atoms with van der Waals surface area (Å²) in [6.45, 7) is 6.18. The van der Waals surface area contributed by atoms with Gasteiger partial charge in [-0.15, -0.1) is 0 Å². The van der Waals surface area contributed by atoms with E-state index in [2.05, 4.69) is 20.5 Å². The molecule has 0 atom stereocenters. The largest absolute Gasteiger partial charge is 0.493 e. The highest BCUT2D eigenvalue weighted by atomic mass is 16.5. The molecule has 7 nitrogen and oxygen atoms in total. The van der Waals surface area contributed by atoms with E-state index in [0.29, 0.717) is 35.3 Å². The average molecular weight is 330 g/mol. The van der Waals surface area contributed by atoms with Crippen molar-refractivity contribution < 1.29 is 9.47 Å². The second kappa shape index (κ2) is 8.14. The Balaban J connectivity index is 2.10. The summed E-state index contributed by atoms with van der Waals surface area (Å²) in [5.41, 5.74) is 4.62. The molecule has 1 heterocycles. The number of ether oxygens (including phenoxy) is 2. The van der Waals surface area contributed by atoms with Gasteiger partial charge in [0.1, 0.15) is 0 Å². The van der Waals surface area contributed by atoms with Crippen LogP contribution in [0.3, 0.4) is 0 Å². The summed E-state index contributed by atoms with van der Waals surface area (Å²) in [5, 5.41) is 4.09. The standard InChI is InChI=1S/C17H22N4O3/c1-5-8-24-14-7-6-13(9-15(14)23-4)10-18-21-17-19-12(3)11(2)16(22)20-17/h6-7,9-10H,5,8H2,1-4H3,(H2,19,20,21,22)/b18-10-. The van der Waals surface area contributed by atoms with E-state index in [-0.39, 0.29) is 5.56 Å². The molecular formula is C17H22N4O3. The van der Waals surface area contributed by atoms with Crippen molar-refractivity contribution in [2.24, 2.45) is 5.10 Å². The van der Waals surface area contributed by atoms with Crippen LogP contribution >= 0.6 is 0 Å². The average Bonchev–Trinajstić information content (AvgIpc) is 2.58. The number of nitrogens with one attached hydrogen (secondary N) is 2. The molecule has 0 amide bonds. The number of H-pyrrole nitrogens is 1. The molecule has 1 aromatic heterocycles. The lowest BCUT2D eigenvalue weighted by Crippen LogP contribution is -2.15. The molecule has 0 radical (unpaired) electrons. The zero-order valence-corrected chi connectivity index (χ0v) is 14.3. The third-order valence-corrected chi connectivity index (χ3v) is 3.43. The number of nitrogens with zero attached hydrogens (tertiary/aromatic N) is 2. The number of hydrogen-bond donors (Lipinski definition) is 2. The van der Waals surface area contributed by atoms with Gasteiger partial charge in [0.25, 0.3) is 5.56 Å². The van der Waals surface area contributed by atoms with Crippen LogP contribution in [-0.4, -0.2) is 29.9 Å². The van der Waals surface area contributed by atoms with E-state index in [0.717, 1.165) is 12.0 Å². The van der Waals surface area contributed by atoms with Crippen molar-refractivity contribution in [2.45, 2.75) is 27.2 Å². The molecule has 0 fully saturated rings. The van der Waals surface area contributed by atoms with E-state index < -0.39 is 0 Å². The van der Waals surface area contributed by atoms with Crippen LogP contribution in [0.1, 0.15) is 30.2 Å². The van der Waals surface area contributed by atoms with E-state index in [1.165, 1.54) is 0 Å². The number of aromatic amines is 1. The van der Waals surface area contributed by atoms with Crippen LogP contribution in [0.5, 0.6) is 11.5 Å². The summed E-state index contributed by atoms with van der Waals surface area (Å²) in [4.78, 5) is 18.5. The molecule has 24 heavy (non-hydrogen) atoms. The van der Waals surface area contributed by atoms with Gasteiger partial charge in [0, 0.05) is 11.3 Å². The molecule has 0 aliphatic heterocycles. The highest BCUT2D eigenvalue weighted by molar-refractivity contribution is 5.81. The van der Waals surface area contributed by atoms with Crippen LogP contribution in [0.25, 0.3) is 0 Å². The van der Waals surface area contributed by atoms with Gasteiger partial charge in [-0.1, -0.05) is 6.92 Å². The van der Waals surface area contributed by atoms with Gasteiger partial charge in [-0.3, -0.25) is 9.78 Å². The normalized spacial score (nSPS) is 10.8. The molecule has 2 rings (SSSR count). The number of hydrazone groups is 1. The summed E-state index contributed by atoms with van der Waals surface area (Å²) in [6, 6.07) is 5.54. The molecule has 1 aromatic carbocycles. The second-order valence-corrected chi connectivity index (χ2v) is 5.25. The molecule has 7 heteroatoms. The van der Waals surface area contributed by atoms with Gasteiger partial charge in [0.05, 0.1) is 19.9 Å². The van der Waals surface area contributed by atoms with Crippen molar-refractivity contribution in [3.05, 3.63) is 45.4 Å². The second-order valence-electron chi connectivity index (χ2n) is 5.25. The Kier molecular flexibility index (Phi) is 5.95. The first-order valence-electron chi connectivity index (χ1n) is 7.72. The summed E-state index contributed by atoms with van der Waals surface area (Å²) in [5.74, 6) is 1.64. The third-order valence-electron chi connectivity index (χ3n) is 3.43. The van der Waals surface area contributed by atoms with Gasteiger partial charge in [0.15, 0.2) is 11.5 Å². The SMILES string of the molecule is CCCOc1ccc(/C=N\Nc2nc(C)c(C)c(=O)[nH]2)cc1OC. The van der Waals surface area contributed by atoms with Crippen molar-refractivity contribution in [3.63, 3.8) is 0 Å². The molecule has 2 N–H and O–H groups in total. The number of aromatic nitrogens is 2. The fraction of sp³-hybridized carbons (Fsp3) is 0.353. The lowest BCUT2D eigenvalue weighted by molar-refractivity contribution is 0.294. The van der Waals surface area contributed by atoms with Crippen LogP contribution in [0.15, 0.2) is 28.1 Å². The maximum atomic E-state index is 11.7. The van der Waals surface area contributed by atoms with E-state index in [1.54, 1.807) is 27.2 Å². The molecule has 0 saturated carbocycles. The van der Waals surface area contributed by atoms with Crippen LogP contribution < -0.4 is 20.5 Å². The first-order chi connectivity index (χ1) is 11.5. The lowest BCUT2D eigenvalue weighted by atomic mass is 10.2. The Bertz CT molecular complexity index is 784. The summed E-state index contributed by atoms with van der Waals surface area (Å²) in [7, 11) is 1.59. The van der Waals surface area contributed by atoms with Gasteiger partial charge >= 0.3 is 0 Å². The van der Waals surface area contributed by atoms with Crippen LogP contribution in [0.2, 0.25) is 0 Å². The van der Waals surface area contributed by atoms with Crippen molar-refractivity contribution in [1.82, 2.24) is 9.97 Å². The Labute approximate surface area is 140 Å². The zero-order valence-electron chi connectivity index (χ0n) is 14.3. The van der Waals surface area contributed by atoms with Crippen LogP contribution in [0, 0.1) is 13.8 Å². The van der Waals surface area contributed by atoms with Crippen LogP contribution in [-0.2, 0) is 0 Å². The molecule has 0 saturated heterocycles. The van der Waals surface area contributed by atoms with Gasteiger partial charge in [-0.2, -0.15) is 5.10 Å². The molecule has 0 aliphatic carbocycles. The Hall–Kier alpha value is -2.83. The van der Waals surface area contributed by atoms with E-state index in [1.807, 2.05) is 25.1 Å². The van der Waals surface area contributed by atoms with E-state index >= 15 is 0 Å². The Morgan fingerprint density at radius 3 is 2.79 bits per heavy atom. The lowest BCUT2D eigenvalue weighted by Gasteiger charge is -2.10. The maximum absolute atomic E-state index is 11.7. The fourth-order valence-corrected chi connectivity index (χ4v) is 1.96. The fourth-order valence-electron chi connectivity index (χ4n) is 1.96. The minimum atomic E-state index is -0.181. The minimum Gasteiger partial charge on any atom is -0.493 e. The van der Waals surface area contributed by atoms with Crippen molar-refractivity contribution in [3.8, 4) is 11.5 Å². The van der Waals surface area contributed by atoms with Gasteiger partial charge in [0.2, 0.25) is 5.95 Å². The number of methoxy groups -OCH3 is 1. The summed E-state index contributed by atoms with van der Waals surface area (Å²) >= 11 is 0. The van der Waals surface area contributed by atoms with Crippen molar-refractivity contribution in [1.29, 1.82) is 0 Å². The highest BCUT2D eigenvalue weighted by Crippen LogP contribution is 2.27. The third kappa shape index (κ3) is 4.34. The molecule has 0 aliphatic rings. The zero-order chi connectivity index (χ0) is 17.5. The molecule has 2 aromatic rings. The van der Waals surface area contributed by atoms with E-state index in [4.69, 9.17) is 9.47 Å². The number of aryl methyl sites for hydroxylation is 1. The number of anilines is 1. The molecule has 0 unspecified atom stereocenters. The van der Waals surface area contributed by atoms with Crippen molar-refractivity contribution >= 4 is 12.2 Å². The topological polar surface area (TPSA) is 88.6 Å². The molecule has 0 spiro atoms. The quantitative estimate of drug-likeness (QED) is 0.602. The smallest absolute Gasteiger partial charge is 0.255 e. The number of rotatable bonds is 7. The first kappa shape index (κ1) is 17.5. The number of benzene rings is 1. The minimum absolute atomic E-state index is 0.181. The van der Waals surface area contributed by atoms with Gasteiger partial charge in [-0.25, -0.2) is 10.4 Å².